The van der Waals surface area contributed by atoms with E-state index in [9.17, 15) is 8.78 Å². The van der Waals surface area contributed by atoms with Crippen LogP contribution in [0.25, 0.3) is 0 Å². The van der Waals surface area contributed by atoms with Crippen LogP contribution < -0.4 is 0 Å². The zero-order valence-electron chi connectivity index (χ0n) is 17.0. The molecule has 0 saturated heterocycles. The van der Waals surface area contributed by atoms with E-state index in [1.807, 2.05) is 24.3 Å². The number of hydrogen-bond donors (Lipinski definition) is 0. The summed E-state index contributed by atoms with van der Waals surface area (Å²) in [5.41, 5.74) is 4.59. The first-order valence-electron chi connectivity index (χ1n) is 10.3. The summed E-state index contributed by atoms with van der Waals surface area (Å²) < 4.78 is 33.4. The van der Waals surface area contributed by atoms with Gasteiger partial charge in [-0.25, -0.2) is 8.78 Å². The second-order valence-electron chi connectivity index (χ2n) is 7.71. The number of hydrogen-bond acceptors (Lipinski definition) is 3. The molecule has 4 aromatic rings. The predicted octanol–water partition coefficient (Wildman–Crippen LogP) is 7.11. The van der Waals surface area contributed by atoms with Crippen LogP contribution in [0, 0.1) is 11.6 Å². The van der Waals surface area contributed by atoms with E-state index < -0.39 is 0 Å². The van der Waals surface area contributed by atoms with Gasteiger partial charge in [0.15, 0.2) is 0 Å². The second kappa shape index (κ2) is 10.8. The maximum absolute atomic E-state index is 13.4. The number of halogens is 2. The standard InChI is InChI=1S/C26H24F2OS2/c27-23-5-1-19(2-6-23)13-25(15-21-9-11-30-17-21)29-26(16-22-10-12-31-18-22)14-20-3-7-24(28)8-4-20/h1-12,17-18,25-26H,13-16H2. The lowest BCUT2D eigenvalue weighted by Gasteiger charge is -2.25. The molecule has 1 nitrogen and oxygen atoms in total. The summed E-state index contributed by atoms with van der Waals surface area (Å²) in [5, 5.41) is 8.45. The summed E-state index contributed by atoms with van der Waals surface area (Å²) in [6, 6.07) is 17.5. The third kappa shape index (κ3) is 6.82. The molecule has 5 heteroatoms. The highest BCUT2D eigenvalue weighted by Gasteiger charge is 2.20. The molecule has 2 heterocycles. The fraction of sp³-hybridized carbons (Fsp3) is 0.231. The van der Waals surface area contributed by atoms with Crippen LogP contribution in [0.5, 0.6) is 0 Å². The van der Waals surface area contributed by atoms with Gasteiger partial charge in [0.1, 0.15) is 11.6 Å². The van der Waals surface area contributed by atoms with Gasteiger partial charge in [-0.05, 0) is 106 Å². The molecule has 0 N–H and O–H groups in total. The molecule has 0 aliphatic heterocycles. The van der Waals surface area contributed by atoms with Gasteiger partial charge in [0.25, 0.3) is 0 Å². The van der Waals surface area contributed by atoms with Gasteiger partial charge < -0.3 is 4.74 Å². The molecule has 4 rings (SSSR count). The zero-order valence-corrected chi connectivity index (χ0v) is 18.7. The van der Waals surface area contributed by atoms with E-state index in [-0.39, 0.29) is 23.8 Å². The summed E-state index contributed by atoms with van der Waals surface area (Å²) >= 11 is 3.35. The van der Waals surface area contributed by atoms with Crippen molar-refractivity contribution in [3.63, 3.8) is 0 Å². The molecule has 2 aromatic heterocycles. The monoisotopic (exact) mass is 454 g/mol. The van der Waals surface area contributed by atoms with Gasteiger partial charge >= 0.3 is 0 Å². The molecule has 0 amide bonds. The fourth-order valence-electron chi connectivity index (χ4n) is 3.72. The fourth-order valence-corrected chi connectivity index (χ4v) is 5.08. The molecule has 2 atom stereocenters. The predicted molar refractivity (Wildman–Crippen MR) is 125 cm³/mol. The van der Waals surface area contributed by atoms with Gasteiger partial charge in [-0.2, -0.15) is 22.7 Å². The molecule has 0 radical (unpaired) electrons. The number of rotatable bonds is 10. The lowest BCUT2D eigenvalue weighted by molar-refractivity contribution is -0.0104. The van der Waals surface area contributed by atoms with Gasteiger partial charge in [-0.15, -0.1) is 0 Å². The lowest BCUT2D eigenvalue weighted by atomic mass is 9.99. The largest absolute Gasteiger partial charge is 0.374 e. The molecule has 31 heavy (non-hydrogen) atoms. The van der Waals surface area contributed by atoms with Crippen molar-refractivity contribution in [3.05, 3.63) is 116 Å². The Morgan fingerprint density at radius 1 is 0.548 bits per heavy atom. The van der Waals surface area contributed by atoms with Crippen molar-refractivity contribution in [3.8, 4) is 0 Å². The van der Waals surface area contributed by atoms with Gasteiger partial charge in [-0.1, -0.05) is 24.3 Å². The van der Waals surface area contributed by atoms with Crippen LogP contribution in [0.1, 0.15) is 22.3 Å². The molecule has 0 bridgehead atoms. The van der Waals surface area contributed by atoms with Crippen LogP contribution in [-0.4, -0.2) is 12.2 Å². The molecule has 0 saturated carbocycles. The minimum Gasteiger partial charge on any atom is -0.374 e. The molecular formula is C26H24F2OS2. The van der Waals surface area contributed by atoms with Gasteiger partial charge in [0.2, 0.25) is 0 Å². The van der Waals surface area contributed by atoms with E-state index in [2.05, 4.69) is 33.7 Å². The maximum Gasteiger partial charge on any atom is 0.123 e. The molecular weight excluding hydrogens is 430 g/mol. The Morgan fingerprint density at radius 3 is 1.29 bits per heavy atom. The highest BCUT2D eigenvalue weighted by molar-refractivity contribution is 7.08. The molecule has 0 aliphatic carbocycles. The van der Waals surface area contributed by atoms with Crippen molar-refractivity contribution in [1.29, 1.82) is 0 Å². The van der Waals surface area contributed by atoms with E-state index >= 15 is 0 Å². The first-order valence-corrected chi connectivity index (χ1v) is 12.2. The Morgan fingerprint density at radius 2 is 0.935 bits per heavy atom. The van der Waals surface area contributed by atoms with E-state index in [4.69, 9.17) is 4.74 Å². The summed E-state index contributed by atoms with van der Waals surface area (Å²) in [6.45, 7) is 0. The van der Waals surface area contributed by atoms with Crippen molar-refractivity contribution < 1.29 is 13.5 Å². The first kappa shape index (κ1) is 21.9. The van der Waals surface area contributed by atoms with Crippen molar-refractivity contribution in [2.24, 2.45) is 0 Å². The average Bonchev–Trinajstić information content (AvgIpc) is 3.46. The third-order valence-corrected chi connectivity index (χ3v) is 6.69. The van der Waals surface area contributed by atoms with Crippen LogP contribution in [0.4, 0.5) is 8.78 Å². The van der Waals surface area contributed by atoms with Crippen LogP contribution in [0.2, 0.25) is 0 Å². The van der Waals surface area contributed by atoms with Crippen molar-refractivity contribution in [2.75, 3.05) is 0 Å². The number of thiophene rings is 2. The van der Waals surface area contributed by atoms with Crippen LogP contribution in [0.3, 0.4) is 0 Å². The quantitative estimate of drug-likeness (QED) is 0.248. The smallest absolute Gasteiger partial charge is 0.123 e. The maximum atomic E-state index is 13.4. The van der Waals surface area contributed by atoms with Crippen molar-refractivity contribution in [1.82, 2.24) is 0 Å². The first-order chi connectivity index (χ1) is 15.1. The lowest BCUT2D eigenvalue weighted by Crippen LogP contribution is -2.29. The zero-order chi connectivity index (χ0) is 21.5. The minimum absolute atomic E-state index is 0.0378. The Labute approximate surface area is 190 Å². The molecule has 2 aromatic carbocycles. The van der Waals surface area contributed by atoms with Gasteiger partial charge in [-0.3, -0.25) is 0 Å². The molecule has 0 spiro atoms. The Balaban J connectivity index is 1.53. The molecule has 0 aliphatic rings. The van der Waals surface area contributed by atoms with Crippen molar-refractivity contribution >= 4 is 22.7 Å². The summed E-state index contributed by atoms with van der Waals surface area (Å²) in [6.07, 6.45) is 2.93. The minimum atomic E-state index is -0.231. The number of ether oxygens (including phenoxy) is 1. The van der Waals surface area contributed by atoms with E-state index in [1.165, 1.54) is 35.4 Å². The van der Waals surface area contributed by atoms with Crippen LogP contribution in [-0.2, 0) is 30.4 Å². The average molecular weight is 455 g/mol. The van der Waals surface area contributed by atoms with E-state index in [0.717, 1.165) is 24.0 Å². The highest BCUT2D eigenvalue weighted by atomic mass is 32.1. The topological polar surface area (TPSA) is 9.23 Å². The summed E-state index contributed by atoms with van der Waals surface area (Å²) in [5.74, 6) is -0.462. The SMILES string of the molecule is Fc1ccc(CC(Cc2ccsc2)OC(Cc2ccc(F)cc2)Cc2ccsc2)cc1. The Hall–Kier alpha value is -2.34. The second-order valence-corrected chi connectivity index (χ2v) is 9.27. The van der Waals surface area contributed by atoms with Crippen LogP contribution in [0.15, 0.2) is 82.2 Å². The van der Waals surface area contributed by atoms with Crippen molar-refractivity contribution in [2.45, 2.75) is 37.9 Å². The summed E-state index contributed by atoms with van der Waals surface area (Å²) in [4.78, 5) is 0. The van der Waals surface area contributed by atoms with E-state index in [1.54, 1.807) is 22.7 Å². The van der Waals surface area contributed by atoms with Gasteiger partial charge in [0.05, 0.1) is 12.2 Å². The molecule has 2 unspecified atom stereocenters. The normalized spacial score (nSPS) is 13.2. The Kier molecular flexibility index (Phi) is 7.62. The Bertz CT molecular complexity index is 940. The van der Waals surface area contributed by atoms with E-state index in [0.29, 0.717) is 12.8 Å². The molecule has 0 fully saturated rings. The highest BCUT2D eigenvalue weighted by Crippen LogP contribution is 2.21. The summed E-state index contributed by atoms with van der Waals surface area (Å²) in [7, 11) is 0. The third-order valence-electron chi connectivity index (χ3n) is 5.23. The van der Waals surface area contributed by atoms with Crippen LogP contribution >= 0.6 is 22.7 Å². The number of benzene rings is 2. The van der Waals surface area contributed by atoms with Gasteiger partial charge in [0, 0.05) is 0 Å². The molecule has 160 valence electrons.